The summed E-state index contributed by atoms with van der Waals surface area (Å²) in [6, 6.07) is 0.589. The van der Waals surface area contributed by atoms with Crippen LogP contribution in [-0.2, 0) is 4.79 Å². The zero-order valence-electron chi connectivity index (χ0n) is 11.6. The van der Waals surface area contributed by atoms with E-state index in [0.717, 1.165) is 19.4 Å². The Morgan fingerprint density at radius 3 is 2.56 bits per heavy atom. The van der Waals surface area contributed by atoms with Gasteiger partial charge < -0.3 is 21.3 Å². The van der Waals surface area contributed by atoms with Crippen LogP contribution in [0.4, 0.5) is 0 Å². The Bertz CT molecular complexity index is 318. The molecule has 2 fully saturated rings. The highest BCUT2D eigenvalue weighted by molar-refractivity contribution is 5.85. The van der Waals surface area contributed by atoms with Crippen LogP contribution in [0.25, 0.3) is 0 Å². The Morgan fingerprint density at radius 2 is 2.11 bits per heavy atom. The van der Waals surface area contributed by atoms with Gasteiger partial charge in [0.2, 0.25) is 5.91 Å². The summed E-state index contributed by atoms with van der Waals surface area (Å²) in [6.07, 6.45) is 4.58. The van der Waals surface area contributed by atoms with E-state index in [9.17, 15) is 4.79 Å². The summed E-state index contributed by atoms with van der Waals surface area (Å²) in [5.74, 6) is -0.0598. The van der Waals surface area contributed by atoms with E-state index in [4.69, 9.17) is 11.5 Å². The van der Waals surface area contributed by atoms with E-state index in [1.54, 1.807) is 0 Å². The van der Waals surface area contributed by atoms with Crippen molar-refractivity contribution in [1.29, 1.82) is 0 Å². The van der Waals surface area contributed by atoms with Crippen LogP contribution in [0.1, 0.15) is 25.7 Å². The van der Waals surface area contributed by atoms with Crippen molar-refractivity contribution in [2.24, 2.45) is 17.4 Å². The van der Waals surface area contributed by atoms with Crippen LogP contribution in [0, 0.1) is 5.92 Å². The molecule has 0 aromatic heterocycles. The number of rotatable bonds is 6. The number of primary amides is 1. The SMILES string of the molecule is CN(CC1CCCN1C)CC(N)(C(N)=O)C1CC1. The van der Waals surface area contributed by atoms with Gasteiger partial charge in [0.1, 0.15) is 5.54 Å². The molecule has 4 N–H and O–H groups in total. The number of nitrogens with two attached hydrogens (primary N) is 2. The largest absolute Gasteiger partial charge is 0.368 e. The molecule has 18 heavy (non-hydrogen) atoms. The third-order valence-corrected chi connectivity index (χ3v) is 4.49. The second-order valence-corrected chi connectivity index (χ2v) is 6.15. The first-order chi connectivity index (χ1) is 8.43. The van der Waals surface area contributed by atoms with Gasteiger partial charge in [0, 0.05) is 19.1 Å². The normalized spacial score (nSPS) is 28.6. The van der Waals surface area contributed by atoms with E-state index in [2.05, 4.69) is 16.8 Å². The Morgan fingerprint density at radius 1 is 1.44 bits per heavy atom. The summed E-state index contributed by atoms with van der Waals surface area (Å²) in [5, 5.41) is 0. The molecule has 1 saturated heterocycles. The average molecular weight is 254 g/mol. The molecule has 0 radical (unpaired) electrons. The maximum absolute atomic E-state index is 11.6. The summed E-state index contributed by atoms with van der Waals surface area (Å²) in [5.41, 5.74) is 10.9. The van der Waals surface area contributed by atoms with E-state index in [-0.39, 0.29) is 5.91 Å². The fraction of sp³-hybridized carbons (Fsp3) is 0.923. The number of hydrogen-bond donors (Lipinski definition) is 2. The van der Waals surface area contributed by atoms with E-state index in [1.807, 2.05) is 7.05 Å². The maximum Gasteiger partial charge on any atom is 0.239 e. The smallest absolute Gasteiger partial charge is 0.239 e. The molecule has 2 atom stereocenters. The Hall–Kier alpha value is -0.650. The Balaban J connectivity index is 1.89. The lowest BCUT2D eigenvalue weighted by molar-refractivity contribution is -0.124. The molecule has 1 heterocycles. The van der Waals surface area contributed by atoms with Crippen molar-refractivity contribution < 1.29 is 4.79 Å². The van der Waals surface area contributed by atoms with Gasteiger partial charge in [-0.3, -0.25) is 4.79 Å². The van der Waals surface area contributed by atoms with Crippen LogP contribution in [-0.4, -0.2) is 61.0 Å². The van der Waals surface area contributed by atoms with Crippen LogP contribution in [0.2, 0.25) is 0 Å². The molecule has 2 aliphatic rings. The minimum absolute atomic E-state index is 0.291. The fourth-order valence-electron chi connectivity index (χ4n) is 3.09. The minimum atomic E-state index is -0.827. The monoisotopic (exact) mass is 254 g/mol. The molecular formula is C13H26N4O. The van der Waals surface area contributed by atoms with Crippen LogP contribution < -0.4 is 11.5 Å². The zero-order chi connectivity index (χ0) is 13.3. The number of likely N-dealkylation sites (N-methyl/N-ethyl adjacent to an activating group) is 2. The molecule has 0 bridgehead atoms. The molecule has 5 heteroatoms. The lowest BCUT2D eigenvalue weighted by Crippen LogP contribution is -2.60. The third-order valence-electron chi connectivity index (χ3n) is 4.49. The van der Waals surface area contributed by atoms with Gasteiger partial charge in [-0.25, -0.2) is 0 Å². The average Bonchev–Trinajstić information content (AvgIpc) is 3.06. The maximum atomic E-state index is 11.6. The summed E-state index contributed by atoms with van der Waals surface area (Å²) in [4.78, 5) is 16.2. The van der Waals surface area contributed by atoms with Crippen LogP contribution in [0.3, 0.4) is 0 Å². The van der Waals surface area contributed by atoms with Crippen molar-refractivity contribution >= 4 is 5.91 Å². The number of carbonyl (C=O) groups is 1. The predicted octanol–water partition coefficient (Wildman–Crippen LogP) is -0.395. The van der Waals surface area contributed by atoms with Gasteiger partial charge in [0.15, 0.2) is 0 Å². The highest BCUT2D eigenvalue weighted by Gasteiger charge is 2.47. The topological polar surface area (TPSA) is 75.6 Å². The lowest BCUT2D eigenvalue weighted by Gasteiger charge is -2.33. The third kappa shape index (κ3) is 2.84. The van der Waals surface area contributed by atoms with Gasteiger partial charge in [-0.2, -0.15) is 0 Å². The first kappa shape index (κ1) is 13.8. The van der Waals surface area contributed by atoms with Gasteiger partial charge in [-0.15, -0.1) is 0 Å². The molecule has 2 unspecified atom stereocenters. The first-order valence-electron chi connectivity index (χ1n) is 6.91. The summed E-state index contributed by atoms with van der Waals surface area (Å²) in [6.45, 7) is 2.72. The summed E-state index contributed by atoms with van der Waals surface area (Å²) in [7, 11) is 4.20. The second kappa shape index (κ2) is 5.15. The second-order valence-electron chi connectivity index (χ2n) is 6.15. The van der Waals surface area contributed by atoms with Crippen LogP contribution in [0.15, 0.2) is 0 Å². The highest BCUT2D eigenvalue weighted by atomic mass is 16.1. The molecule has 2 rings (SSSR count). The highest BCUT2D eigenvalue weighted by Crippen LogP contribution is 2.38. The molecule has 0 spiro atoms. The fourth-order valence-corrected chi connectivity index (χ4v) is 3.09. The van der Waals surface area contributed by atoms with Crippen molar-refractivity contribution in [2.45, 2.75) is 37.3 Å². The van der Waals surface area contributed by atoms with Gasteiger partial charge in [0.05, 0.1) is 0 Å². The minimum Gasteiger partial charge on any atom is -0.368 e. The van der Waals surface area contributed by atoms with Crippen LogP contribution >= 0.6 is 0 Å². The van der Waals surface area contributed by atoms with Crippen molar-refractivity contribution in [3.05, 3.63) is 0 Å². The van der Waals surface area contributed by atoms with E-state index >= 15 is 0 Å². The molecule has 104 valence electrons. The lowest BCUT2D eigenvalue weighted by atomic mass is 9.93. The van der Waals surface area contributed by atoms with E-state index < -0.39 is 5.54 Å². The first-order valence-corrected chi connectivity index (χ1v) is 6.91. The molecule has 1 saturated carbocycles. The standard InChI is InChI=1S/C13H26N4O/c1-16(8-11-4-3-7-17(11)2)9-13(15,12(14)18)10-5-6-10/h10-11H,3-9,15H2,1-2H3,(H2,14,18). The number of likely N-dealkylation sites (tertiary alicyclic amines) is 1. The van der Waals surface area contributed by atoms with Crippen molar-refractivity contribution in [3.63, 3.8) is 0 Å². The van der Waals surface area contributed by atoms with Crippen LogP contribution in [0.5, 0.6) is 0 Å². The van der Waals surface area contributed by atoms with Gasteiger partial charge >= 0.3 is 0 Å². The van der Waals surface area contributed by atoms with Crippen molar-refractivity contribution in [2.75, 3.05) is 33.7 Å². The zero-order valence-corrected chi connectivity index (χ0v) is 11.6. The van der Waals surface area contributed by atoms with Gasteiger partial charge in [0.25, 0.3) is 0 Å². The van der Waals surface area contributed by atoms with Gasteiger partial charge in [-0.1, -0.05) is 0 Å². The van der Waals surface area contributed by atoms with Gasteiger partial charge in [-0.05, 0) is 52.2 Å². The summed E-state index contributed by atoms with van der Waals surface area (Å²) < 4.78 is 0. The van der Waals surface area contributed by atoms with E-state index in [1.165, 1.54) is 19.4 Å². The molecule has 0 aromatic rings. The van der Waals surface area contributed by atoms with Crippen molar-refractivity contribution in [3.8, 4) is 0 Å². The van der Waals surface area contributed by atoms with Crippen molar-refractivity contribution in [1.82, 2.24) is 9.80 Å². The molecule has 1 amide bonds. The number of nitrogens with zero attached hydrogens (tertiary/aromatic N) is 2. The summed E-state index contributed by atoms with van der Waals surface area (Å²) >= 11 is 0. The molecule has 1 aliphatic carbocycles. The number of amides is 1. The molecule has 1 aliphatic heterocycles. The Labute approximate surface area is 109 Å². The molecule has 0 aromatic carbocycles. The van der Waals surface area contributed by atoms with E-state index in [0.29, 0.717) is 18.5 Å². The predicted molar refractivity (Wildman–Crippen MR) is 72.0 cm³/mol. The quantitative estimate of drug-likeness (QED) is 0.676. The number of carbonyl (C=O) groups excluding carboxylic acids is 1. The Kier molecular flexibility index (Phi) is 3.94. The molecular weight excluding hydrogens is 228 g/mol. The molecule has 5 nitrogen and oxygen atoms in total. The number of hydrogen-bond acceptors (Lipinski definition) is 4.